The number of hydrogen-bond acceptors (Lipinski definition) is 4. The second-order valence-corrected chi connectivity index (χ2v) is 7.02. The molecule has 1 rings (SSSR count). The first-order chi connectivity index (χ1) is 8.38. The van der Waals surface area contributed by atoms with E-state index in [1.54, 1.807) is 4.90 Å². The maximum Gasteiger partial charge on any atom is 0.239 e. The lowest BCUT2D eigenvalue weighted by atomic mass is 10.2. The lowest BCUT2D eigenvalue weighted by Crippen LogP contribution is -2.41. The molecule has 0 aliphatic carbocycles. The summed E-state index contributed by atoms with van der Waals surface area (Å²) in [5.41, 5.74) is 0. The summed E-state index contributed by atoms with van der Waals surface area (Å²) >= 11 is 0. The number of sulfonamides is 1. The first-order valence-electron chi connectivity index (χ1n) is 6.31. The van der Waals surface area contributed by atoms with Gasteiger partial charge in [0.15, 0.2) is 0 Å². The minimum atomic E-state index is -3.22. The normalized spacial score (nSPS) is 21.0. The third-order valence-electron chi connectivity index (χ3n) is 3.11. The maximum atomic E-state index is 12.0. The molecule has 6 nitrogen and oxygen atoms in total. The van der Waals surface area contributed by atoms with Gasteiger partial charge in [-0.15, -0.1) is 0 Å². The largest absolute Gasteiger partial charge is 0.340 e. The first kappa shape index (κ1) is 15.4. The van der Waals surface area contributed by atoms with Gasteiger partial charge in [0.2, 0.25) is 15.9 Å². The minimum Gasteiger partial charge on any atom is -0.340 e. The Morgan fingerprint density at radius 2 is 2.11 bits per heavy atom. The van der Waals surface area contributed by atoms with Crippen LogP contribution in [0.1, 0.15) is 19.8 Å². The van der Waals surface area contributed by atoms with Crippen LogP contribution >= 0.6 is 0 Å². The molecule has 1 unspecified atom stereocenters. The molecule has 7 heteroatoms. The van der Waals surface area contributed by atoms with Gasteiger partial charge in [0, 0.05) is 27.2 Å². The van der Waals surface area contributed by atoms with Gasteiger partial charge in [-0.2, -0.15) is 0 Å². The summed E-state index contributed by atoms with van der Waals surface area (Å²) in [5, 5.41) is 3.18. The van der Waals surface area contributed by atoms with Crippen molar-refractivity contribution >= 4 is 15.9 Å². The summed E-state index contributed by atoms with van der Waals surface area (Å²) in [6.45, 7) is 3.79. The molecule has 0 bridgehead atoms. The van der Waals surface area contributed by atoms with Crippen LogP contribution in [0.15, 0.2) is 0 Å². The molecule has 1 aliphatic heterocycles. The van der Waals surface area contributed by atoms with Gasteiger partial charge < -0.3 is 10.2 Å². The summed E-state index contributed by atoms with van der Waals surface area (Å²) in [4.78, 5) is 13.6. The van der Waals surface area contributed by atoms with E-state index in [-0.39, 0.29) is 24.2 Å². The lowest BCUT2D eigenvalue weighted by molar-refractivity contribution is -0.129. The van der Waals surface area contributed by atoms with Crippen LogP contribution in [0, 0.1) is 0 Å². The van der Waals surface area contributed by atoms with Crippen molar-refractivity contribution in [2.75, 3.05) is 39.5 Å². The standard InChI is InChI=1S/C11H23N3O3S/c1-4-6-12-10-5-7-14(11(10)15)8-9-18(16,17)13(2)3/h10,12H,4-9H2,1-3H3. The zero-order valence-electron chi connectivity index (χ0n) is 11.3. The van der Waals surface area contributed by atoms with E-state index in [4.69, 9.17) is 0 Å². The van der Waals surface area contributed by atoms with Crippen molar-refractivity contribution in [2.24, 2.45) is 0 Å². The molecule has 18 heavy (non-hydrogen) atoms. The van der Waals surface area contributed by atoms with Gasteiger partial charge >= 0.3 is 0 Å². The molecule has 1 aliphatic rings. The van der Waals surface area contributed by atoms with Gasteiger partial charge in [0.25, 0.3) is 0 Å². The Bertz CT molecular complexity index is 381. The SMILES string of the molecule is CCCNC1CCN(CCS(=O)(=O)N(C)C)C1=O. The second kappa shape index (κ2) is 6.49. The van der Waals surface area contributed by atoms with Crippen molar-refractivity contribution < 1.29 is 13.2 Å². The topological polar surface area (TPSA) is 69.7 Å². The Morgan fingerprint density at radius 3 is 2.67 bits per heavy atom. The Balaban J connectivity index is 2.44. The van der Waals surface area contributed by atoms with Crippen molar-refractivity contribution in [1.29, 1.82) is 0 Å². The summed E-state index contributed by atoms with van der Waals surface area (Å²) in [5.74, 6) is 0.0177. The van der Waals surface area contributed by atoms with Crippen molar-refractivity contribution in [2.45, 2.75) is 25.8 Å². The first-order valence-corrected chi connectivity index (χ1v) is 7.91. The van der Waals surface area contributed by atoms with Crippen molar-refractivity contribution in [3.63, 3.8) is 0 Å². The summed E-state index contributed by atoms with van der Waals surface area (Å²) in [6.07, 6.45) is 1.75. The van der Waals surface area contributed by atoms with Gasteiger partial charge in [-0.05, 0) is 19.4 Å². The highest BCUT2D eigenvalue weighted by Gasteiger charge is 2.31. The molecule has 0 aromatic heterocycles. The minimum absolute atomic E-state index is 0.00770. The molecule has 1 amide bonds. The fraction of sp³-hybridized carbons (Fsp3) is 0.909. The van der Waals surface area contributed by atoms with Gasteiger partial charge in [0.05, 0.1) is 11.8 Å². The van der Waals surface area contributed by atoms with E-state index in [9.17, 15) is 13.2 Å². The number of carbonyl (C=O) groups is 1. The molecule has 0 spiro atoms. The van der Waals surface area contributed by atoms with Crippen LogP contribution in [0.25, 0.3) is 0 Å². The maximum absolute atomic E-state index is 12.0. The molecule has 1 atom stereocenters. The van der Waals surface area contributed by atoms with Crippen LogP contribution in [-0.2, 0) is 14.8 Å². The van der Waals surface area contributed by atoms with Crippen LogP contribution in [0.5, 0.6) is 0 Å². The fourth-order valence-corrected chi connectivity index (χ4v) is 2.69. The number of amides is 1. The number of hydrogen-bond donors (Lipinski definition) is 1. The van der Waals surface area contributed by atoms with Crippen LogP contribution in [-0.4, -0.2) is 69.1 Å². The Hall–Kier alpha value is -0.660. The monoisotopic (exact) mass is 277 g/mol. The average molecular weight is 277 g/mol. The van der Waals surface area contributed by atoms with Crippen molar-refractivity contribution in [3.05, 3.63) is 0 Å². The quantitative estimate of drug-likeness (QED) is 0.680. The molecular formula is C11H23N3O3S. The molecule has 0 aromatic rings. The molecule has 1 N–H and O–H groups in total. The van der Waals surface area contributed by atoms with E-state index in [1.165, 1.54) is 18.4 Å². The molecule has 1 saturated heterocycles. The Kier molecular flexibility index (Phi) is 5.55. The number of likely N-dealkylation sites (tertiary alicyclic amines) is 1. The predicted molar refractivity (Wildman–Crippen MR) is 70.8 cm³/mol. The second-order valence-electron chi connectivity index (χ2n) is 4.72. The molecule has 0 aromatic carbocycles. The molecule has 0 saturated carbocycles. The molecule has 106 valence electrons. The van der Waals surface area contributed by atoms with Gasteiger partial charge in [-0.1, -0.05) is 6.92 Å². The Labute approximate surface area is 109 Å². The van der Waals surface area contributed by atoms with E-state index in [0.717, 1.165) is 19.4 Å². The highest BCUT2D eigenvalue weighted by molar-refractivity contribution is 7.89. The zero-order chi connectivity index (χ0) is 13.8. The van der Waals surface area contributed by atoms with E-state index in [2.05, 4.69) is 5.32 Å². The van der Waals surface area contributed by atoms with Crippen LogP contribution in [0.2, 0.25) is 0 Å². The van der Waals surface area contributed by atoms with E-state index in [0.29, 0.717) is 6.54 Å². The summed E-state index contributed by atoms with van der Waals surface area (Å²) in [7, 11) is -0.211. The fourth-order valence-electron chi connectivity index (χ4n) is 1.88. The number of nitrogens with one attached hydrogen (secondary N) is 1. The highest BCUT2D eigenvalue weighted by Crippen LogP contribution is 2.11. The number of nitrogens with zero attached hydrogens (tertiary/aromatic N) is 2. The zero-order valence-corrected chi connectivity index (χ0v) is 12.2. The average Bonchev–Trinajstić information content (AvgIpc) is 2.65. The molecule has 0 radical (unpaired) electrons. The van der Waals surface area contributed by atoms with Crippen LogP contribution < -0.4 is 5.32 Å². The van der Waals surface area contributed by atoms with E-state index in [1.807, 2.05) is 6.92 Å². The molecular weight excluding hydrogens is 254 g/mol. The number of rotatable bonds is 7. The summed E-state index contributed by atoms with van der Waals surface area (Å²) in [6, 6.07) is -0.132. The number of carbonyl (C=O) groups excluding carboxylic acids is 1. The Morgan fingerprint density at radius 1 is 1.44 bits per heavy atom. The van der Waals surface area contributed by atoms with Gasteiger partial charge in [-0.3, -0.25) is 4.79 Å². The van der Waals surface area contributed by atoms with Crippen molar-refractivity contribution in [3.8, 4) is 0 Å². The van der Waals surface area contributed by atoms with Gasteiger partial charge in [-0.25, -0.2) is 12.7 Å². The van der Waals surface area contributed by atoms with Crippen LogP contribution in [0.3, 0.4) is 0 Å². The predicted octanol–water partition coefficient (Wildman–Crippen LogP) is -0.522. The van der Waals surface area contributed by atoms with Crippen molar-refractivity contribution in [1.82, 2.24) is 14.5 Å². The summed E-state index contributed by atoms with van der Waals surface area (Å²) < 4.78 is 24.4. The lowest BCUT2D eigenvalue weighted by Gasteiger charge is -2.18. The molecule has 1 fully saturated rings. The van der Waals surface area contributed by atoms with E-state index < -0.39 is 10.0 Å². The highest BCUT2D eigenvalue weighted by atomic mass is 32.2. The smallest absolute Gasteiger partial charge is 0.239 e. The third kappa shape index (κ3) is 3.93. The third-order valence-corrected chi connectivity index (χ3v) is 4.92. The van der Waals surface area contributed by atoms with E-state index >= 15 is 0 Å². The van der Waals surface area contributed by atoms with Crippen LogP contribution in [0.4, 0.5) is 0 Å². The molecule has 1 heterocycles. The van der Waals surface area contributed by atoms with Gasteiger partial charge in [0.1, 0.15) is 0 Å².